The van der Waals surface area contributed by atoms with Crippen LogP contribution in [0, 0.1) is 11.8 Å². The van der Waals surface area contributed by atoms with Crippen LogP contribution in [0.25, 0.3) is 0 Å². The number of aliphatic hydroxyl groups excluding tert-OH is 1. The molecular weight excluding hydrogens is 162 g/mol. The topological polar surface area (TPSA) is 32.3 Å². The molecule has 78 valence electrons. The van der Waals surface area contributed by atoms with Crippen molar-refractivity contribution in [2.45, 2.75) is 45.6 Å². The first kappa shape index (κ1) is 11.0. The van der Waals surface area contributed by atoms with E-state index in [-0.39, 0.29) is 12.6 Å². The maximum Gasteiger partial charge on any atom is 0.0581 e. The van der Waals surface area contributed by atoms with E-state index in [4.69, 9.17) is 5.11 Å². The summed E-state index contributed by atoms with van der Waals surface area (Å²) in [5.41, 5.74) is 0. The quantitative estimate of drug-likeness (QED) is 0.700. The minimum absolute atomic E-state index is 0.251. The highest BCUT2D eigenvalue weighted by molar-refractivity contribution is 4.75. The lowest BCUT2D eigenvalue weighted by Gasteiger charge is -2.29. The molecule has 0 amide bonds. The summed E-state index contributed by atoms with van der Waals surface area (Å²) in [6, 6.07) is 0.258. The van der Waals surface area contributed by atoms with Crippen molar-refractivity contribution < 1.29 is 5.11 Å². The standard InChI is InChI=1S/C11H23NO/c1-9-5-3-4-6-11(9)7-12-10(2)8-13/h9-13H,3-8H2,1-2H3/t9?,10-,11?/m0/s1. The van der Waals surface area contributed by atoms with Gasteiger partial charge in [-0.25, -0.2) is 0 Å². The van der Waals surface area contributed by atoms with E-state index in [2.05, 4.69) is 12.2 Å². The van der Waals surface area contributed by atoms with Crippen molar-refractivity contribution in [1.29, 1.82) is 0 Å². The second-order valence-corrected chi connectivity index (χ2v) is 4.51. The van der Waals surface area contributed by atoms with Crippen molar-refractivity contribution in [1.82, 2.24) is 5.32 Å². The molecule has 1 rings (SSSR count). The van der Waals surface area contributed by atoms with E-state index in [1.54, 1.807) is 0 Å². The lowest BCUT2D eigenvalue weighted by molar-refractivity contribution is 0.212. The first-order valence-electron chi connectivity index (χ1n) is 5.58. The molecule has 1 fully saturated rings. The van der Waals surface area contributed by atoms with Gasteiger partial charge in [0.05, 0.1) is 6.61 Å². The summed E-state index contributed by atoms with van der Waals surface area (Å²) in [5.74, 6) is 1.70. The smallest absolute Gasteiger partial charge is 0.0581 e. The van der Waals surface area contributed by atoms with E-state index in [1.165, 1.54) is 25.7 Å². The largest absolute Gasteiger partial charge is 0.395 e. The predicted octanol–water partition coefficient (Wildman–Crippen LogP) is 1.78. The van der Waals surface area contributed by atoms with E-state index in [0.29, 0.717) is 0 Å². The van der Waals surface area contributed by atoms with Crippen LogP contribution in [-0.4, -0.2) is 24.3 Å². The first-order valence-corrected chi connectivity index (χ1v) is 5.58. The van der Waals surface area contributed by atoms with Crippen molar-refractivity contribution in [2.24, 2.45) is 11.8 Å². The van der Waals surface area contributed by atoms with Crippen molar-refractivity contribution in [3.63, 3.8) is 0 Å². The van der Waals surface area contributed by atoms with Gasteiger partial charge in [-0.15, -0.1) is 0 Å². The van der Waals surface area contributed by atoms with Gasteiger partial charge in [-0.05, 0) is 31.7 Å². The van der Waals surface area contributed by atoms with Crippen LogP contribution >= 0.6 is 0 Å². The minimum Gasteiger partial charge on any atom is -0.395 e. The van der Waals surface area contributed by atoms with Crippen LogP contribution < -0.4 is 5.32 Å². The Morgan fingerprint density at radius 2 is 2.08 bits per heavy atom. The SMILES string of the molecule is CC1CCCCC1CN[C@@H](C)CO. The minimum atomic E-state index is 0.251. The number of nitrogens with one attached hydrogen (secondary N) is 1. The number of hydrogen-bond acceptors (Lipinski definition) is 2. The van der Waals surface area contributed by atoms with Crippen LogP contribution in [0.2, 0.25) is 0 Å². The zero-order chi connectivity index (χ0) is 9.68. The van der Waals surface area contributed by atoms with Crippen LogP contribution in [-0.2, 0) is 0 Å². The molecule has 3 atom stereocenters. The fourth-order valence-corrected chi connectivity index (χ4v) is 2.11. The molecule has 0 heterocycles. The Hall–Kier alpha value is -0.0800. The fraction of sp³-hybridized carbons (Fsp3) is 1.00. The van der Waals surface area contributed by atoms with Gasteiger partial charge in [-0.1, -0.05) is 26.2 Å². The normalized spacial score (nSPS) is 31.6. The molecule has 0 saturated heterocycles. The summed E-state index contributed by atoms with van der Waals surface area (Å²) < 4.78 is 0. The third kappa shape index (κ3) is 3.65. The van der Waals surface area contributed by atoms with Crippen LogP contribution in [0.3, 0.4) is 0 Å². The van der Waals surface area contributed by atoms with E-state index in [1.807, 2.05) is 6.92 Å². The molecule has 2 nitrogen and oxygen atoms in total. The average molecular weight is 185 g/mol. The Bertz CT molecular complexity index is 138. The monoisotopic (exact) mass is 185 g/mol. The van der Waals surface area contributed by atoms with Gasteiger partial charge in [0, 0.05) is 6.04 Å². The summed E-state index contributed by atoms with van der Waals surface area (Å²) in [4.78, 5) is 0. The summed E-state index contributed by atoms with van der Waals surface area (Å²) >= 11 is 0. The summed E-state index contributed by atoms with van der Waals surface area (Å²) in [6.45, 7) is 5.73. The van der Waals surface area contributed by atoms with Crippen LogP contribution in [0.1, 0.15) is 39.5 Å². The van der Waals surface area contributed by atoms with Gasteiger partial charge in [0.25, 0.3) is 0 Å². The Morgan fingerprint density at radius 1 is 1.38 bits per heavy atom. The molecule has 1 aliphatic carbocycles. The second kappa shape index (κ2) is 5.61. The van der Waals surface area contributed by atoms with Gasteiger partial charge in [0.2, 0.25) is 0 Å². The zero-order valence-corrected chi connectivity index (χ0v) is 8.92. The third-order valence-electron chi connectivity index (χ3n) is 3.29. The number of aliphatic hydroxyl groups is 1. The maximum atomic E-state index is 8.87. The Kier molecular flexibility index (Phi) is 4.74. The van der Waals surface area contributed by atoms with Crippen molar-refractivity contribution in [3.8, 4) is 0 Å². The lowest BCUT2D eigenvalue weighted by Crippen LogP contribution is -2.36. The van der Waals surface area contributed by atoms with Crippen LogP contribution in [0.4, 0.5) is 0 Å². The van der Waals surface area contributed by atoms with Crippen molar-refractivity contribution >= 4 is 0 Å². The molecule has 1 aliphatic rings. The third-order valence-corrected chi connectivity index (χ3v) is 3.29. The molecule has 2 unspecified atom stereocenters. The molecule has 2 N–H and O–H groups in total. The molecule has 0 aliphatic heterocycles. The molecule has 0 radical (unpaired) electrons. The summed E-state index contributed by atoms with van der Waals surface area (Å²) in [7, 11) is 0. The van der Waals surface area contributed by atoms with Gasteiger partial charge >= 0.3 is 0 Å². The van der Waals surface area contributed by atoms with Gasteiger partial charge in [-0.2, -0.15) is 0 Å². The Labute approximate surface area is 81.7 Å². The molecule has 0 spiro atoms. The van der Waals surface area contributed by atoms with Gasteiger partial charge < -0.3 is 10.4 Å². The van der Waals surface area contributed by atoms with Crippen molar-refractivity contribution in [2.75, 3.05) is 13.2 Å². The number of hydrogen-bond donors (Lipinski definition) is 2. The Morgan fingerprint density at radius 3 is 2.69 bits per heavy atom. The second-order valence-electron chi connectivity index (χ2n) is 4.51. The molecule has 0 aromatic rings. The summed E-state index contributed by atoms with van der Waals surface area (Å²) in [6.07, 6.45) is 5.56. The van der Waals surface area contributed by atoms with Gasteiger partial charge in [0.15, 0.2) is 0 Å². The maximum absolute atomic E-state index is 8.87. The van der Waals surface area contributed by atoms with Crippen LogP contribution in [0.15, 0.2) is 0 Å². The highest BCUT2D eigenvalue weighted by Gasteiger charge is 2.20. The first-order chi connectivity index (χ1) is 6.24. The van der Waals surface area contributed by atoms with Gasteiger partial charge in [0.1, 0.15) is 0 Å². The van der Waals surface area contributed by atoms with E-state index < -0.39 is 0 Å². The average Bonchev–Trinajstić information content (AvgIpc) is 2.16. The van der Waals surface area contributed by atoms with E-state index in [9.17, 15) is 0 Å². The van der Waals surface area contributed by atoms with Gasteiger partial charge in [-0.3, -0.25) is 0 Å². The Balaban J connectivity index is 2.18. The van der Waals surface area contributed by atoms with Crippen LogP contribution in [0.5, 0.6) is 0 Å². The molecular formula is C11H23NO. The van der Waals surface area contributed by atoms with E-state index in [0.717, 1.165) is 18.4 Å². The lowest BCUT2D eigenvalue weighted by atomic mass is 9.80. The predicted molar refractivity (Wildman–Crippen MR) is 55.7 cm³/mol. The van der Waals surface area contributed by atoms with Crippen molar-refractivity contribution in [3.05, 3.63) is 0 Å². The molecule has 13 heavy (non-hydrogen) atoms. The summed E-state index contributed by atoms with van der Waals surface area (Å²) in [5, 5.41) is 12.3. The number of rotatable bonds is 4. The highest BCUT2D eigenvalue weighted by atomic mass is 16.3. The molecule has 0 aromatic carbocycles. The fourth-order valence-electron chi connectivity index (χ4n) is 2.11. The zero-order valence-electron chi connectivity index (χ0n) is 8.92. The molecule has 0 aromatic heterocycles. The molecule has 0 bridgehead atoms. The van der Waals surface area contributed by atoms with E-state index >= 15 is 0 Å². The molecule has 1 saturated carbocycles. The highest BCUT2D eigenvalue weighted by Crippen LogP contribution is 2.28. The molecule has 2 heteroatoms.